The van der Waals surface area contributed by atoms with Crippen LogP contribution in [-0.4, -0.2) is 33.2 Å². The van der Waals surface area contributed by atoms with Gasteiger partial charge in [0, 0.05) is 22.5 Å². The zero-order valence-corrected chi connectivity index (χ0v) is 13.6. The van der Waals surface area contributed by atoms with Gasteiger partial charge in [0.15, 0.2) is 5.75 Å². The Balaban J connectivity index is 2.19. The monoisotopic (exact) mass is 360 g/mol. The van der Waals surface area contributed by atoms with Crippen LogP contribution in [0.3, 0.4) is 0 Å². The van der Waals surface area contributed by atoms with Crippen molar-refractivity contribution in [3.63, 3.8) is 0 Å². The molecule has 0 aliphatic heterocycles. The molecule has 0 aliphatic carbocycles. The van der Waals surface area contributed by atoms with Crippen LogP contribution in [0, 0.1) is 6.92 Å². The molecule has 0 aliphatic rings. The number of rotatable bonds is 3. The number of azo groups is 1. The second-order valence-corrected chi connectivity index (χ2v) is 6.52. The van der Waals surface area contributed by atoms with Gasteiger partial charge in [0.2, 0.25) is 5.88 Å². The van der Waals surface area contributed by atoms with E-state index < -0.39 is 15.0 Å². The molecule has 0 spiro atoms. The van der Waals surface area contributed by atoms with Crippen molar-refractivity contribution in [2.24, 2.45) is 10.2 Å². The Hall–Kier alpha value is -3.11. The van der Waals surface area contributed by atoms with Gasteiger partial charge in [-0.3, -0.25) is 4.55 Å². The maximum atomic E-state index is 11.6. The van der Waals surface area contributed by atoms with Crippen molar-refractivity contribution in [2.75, 3.05) is 0 Å². The van der Waals surface area contributed by atoms with Gasteiger partial charge in [0.1, 0.15) is 10.6 Å². The molecule has 2 aromatic carbocycles. The van der Waals surface area contributed by atoms with Gasteiger partial charge < -0.3 is 10.2 Å². The van der Waals surface area contributed by atoms with E-state index in [1.807, 2.05) is 0 Å². The molecular weight excluding hydrogens is 348 g/mol. The molecule has 25 heavy (non-hydrogen) atoms. The minimum atomic E-state index is -4.55. The summed E-state index contributed by atoms with van der Waals surface area (Å²) in [4.78, 5) is 7.16. The number of fused-ring (bicyclic) bond motifs is 1. The number of hydrogen-bond acceptors (Lipinski definition) is 8. The van der Waals surface area contributed by atoms with Crippen molar-refractivity contribution < 1.29 is 23.2 Å². The second kappa shape index (κ2) is 6.07. The molecule has 10 heteroatoms. The summed E-state index contributed by atoms with van der Waals surface area (Å²) in [6.07, 6.45) is 0. The normalized spacial score (nSPS) is 12.1. The third kappa shape index (κ3) is 3.39. The Morgan fingerprint density at radius 2 is 1.68 bits per heavy atom. The number of phenols is 1. The maximum Gasteiger partial charge on any atom is 0.295 e. The van der Waals surface area contributed by atoms with Gasteiger partial charge >= 0.3 is 0 Å². The van der Waals surface area contributed by atoms with Crippen molar-refractivity contribution in [3.8, 4) is 11.6 Å². The fourth-order valence-electron chi connectivity index (χ4n) is 2.28. The van der Waals surface area contributed by atoms with E-state index in [2.05, 4.69) is 20.2 Å². The lowest BCUT2D eigenvalue weighted by Crippen LogP contribution is -1.99. The number of aromatic hydroxyl groups is 2. The van der Waals surface area contributed by atoms with Crippen molar-refractivity contribution in [2.45, 2.75) is 11.8 Å². The van der Waals surface area contributed by atoms with Crippen molar-refractivity contribution >= 4 is 32.5 Å². The van der Waals surface area contributed by atoms with Crippen LogP contribution in [0.25, 0.3) is 10.8 Å². The molecular formula is C15H12N4O5S. The average molecular weight is 360 g/mol. The summed E-state index contributed by atoms with van der Waals surface area (Å²) in [5.41, 5.74) is 0.249. The molecule has 0 radical (unpaired) electrons. The first-order valence-corrected chi connectivity index (χ1v) is 8.38. The van der Waals surface area contributed by atoms with Crippen molar-refractivity contribution in [3.05, 3.63) is 42.1 Å². The highest BCUT2D eigenvalue weighted by atomic mass is 32.2. The van der Waals surface area contributed by atoms with E-state index in [1.165, 1.54) is 18.2 Å². The minimum absolute atomic E-state index is 0.144. The Morgan fingerprint density at radius 1 is 1.00 bits per heavy atom. The van der Waals surface area contributed by atoms with Gasteiger partial charge in [0.25, 0.3) is 16.1 Å². The molecule has 3 N–H and O–H groups in total. The Labute approximate surface area is 142 Å². The summed E-state index contributed by atoms with van der Waals surface area (Å²) < 4.78 is 32.7. The lowest BCUT2D eigenvalue weighted by Gasteiger charge is -2.08. The molecule has 0 fully saturated rings. The third-order valence-electron chi connectivity index (χ3n) is 3.31. The first-order chi connectivity index (χ1) is 11.8. The Morgan fingerprint density at radius 3 is 2.32 bits per heavy atom. The number of phenolic OH excluding ortho intramolecular Hbond substituents is 1. The zero-order valence-electron chi connectivity index (χ0n) is 12.8. The molecule has 1 aromatic heterocycles. The van der Waals surface area contributed by atoms with Crippen LogP contribution >= 0.6 is 0 Å². The van der Waals surface area contributed by atoms with Crippen LogP contribution < -0.4 is 0 Å². The molecule has 128 valence electrons. The van der Waals surface area contributed by atoms with Crippen molar-refractivity contribution in [1.82, 2.24) is 9.97 Å². The topological polar surface area (TPSA) is 145 Å². The fraction of sp³-hybridized carbons (Fsp3) is 0.0667. The Bertz CT molecular complexity index is 1090. The van der Waals surface area contributed by atoms with Gasteiger partial charge in [-0.25, -0.2) is 4.98 Å². The first kappa shape index (κ1) is 16.7. The number of aryl methyl sites for hydroxylation is 1. The average Bonchev–Trinajstić information content (AvgIpc) is 2.52. The predicted molar refractivity (Wildman–Crippen MR) is 88.0 cm³/mol. The predicted octanol–water partition coefficient (Wildman–Crippen LogP) is 3.01. The van der Waals surface area contributed by atoms with Gasteiger partial charge in [-0.15, -0.1) is 10.2 Å². The van der Waals surface area contributed by atoms with Crippen molar-refractivity contribution in [1.29, 1.82) is 0 Å². The van der Waals surface area contributed by atoms with Gasteiger partial charge in [-0.2, -0.15) is 13.4 Å². The molecule has 3 rings (SSSR count). The molecule has 0 atom stereocenters. The third-order valence-corrected chi connectivity index (χ3v) is 4.21. The summed E-state index contributed by atoms with van der Waals surface area (Å²) in [7, 11) is -4.55. The Kier molecular flexibility index (Phi) is 4.07. The number of hydrogen-bond donors (Lipinski definition) is 3. The molecule has 0 bridgehead atoms. The fourth-order valence-corrected chi connectivity index (χ4v) is 3.00. The SMILES string of the molecule is Cc1cc(O)nc(N=Nc2cc(S(=O)(=O)O)c3ccccc3c2O)n1. The first-order valence-electron chi connectivity index (χ1n) is 6.94. The molecule has 0 amide bonds. The van der Waals surface area contributed by atoms with E-state index in [4.69, 9.17) is 0 Å². The molecule has 9 nitrogen and oxygen atoms in total. The van der Waals surface area contributed by atoms with Gasteiger partial charge in [0.05, 0.1) is 0 Å². The molecule has 0 unspecified atom stereocenters. The smallest absolute Gasteiger partial charge is 0.295 e. The number of aromatic nitrogens is 2. The minimum Gasteiger partial charge on any atom is -0.505 e. The van der Waals surface area contributed by atoms with Crippen LogP contribution in [-0.2, 0) is 10.1 Å². The van der Waals surface area contributed by atoms with E-state index in [9.17, 15) is 23.2 Å². The molecule has 1 heterocycles. The molecule has 0 saturated heterocycles. The van der Waals surface area contributed by atoms with Crippen LogP contribution in [0.15, 0.2) is 51.5 Å². The number of nitrogens with zero attached hydrogens (tertiary/aromatic N) is 4. The van der Waals surface area contributed by atoms with Gasteiger partial charge in [-0.1, -0.05) is 24.3 Å². The van der Waals surface area contributed by atoms with E-state index >= 15 is 0 Å². The summed E-state index contributed by atoms with van der Waals surface area (Å²) in [6.45, 7) is 1.62. The van der Waals surface area contributed by atoms with E-state index in [1.54, 1.807) is 19.1 Å². The van der Waals surface area contributed by atoms with E-state index in [-0.39, 0.29) is 34.0 Å². The summed E-state index contributed by atoms with van der Waals surface area (Å²) in [5.74, 6) is -0.787. The van der Waals surface area contributed by atoms with Crippen LogP contribution in [0.2, 0.25) is 0 Å². The highest BCUT2D eigenvalue weighted by Crippen LogP contribution is 2.39. The zero-order chi connectivity index (χ0) is 18.2. The lowest BCUT2D eigenvalue weighted by molar-refractivity contribution is 0.451. The highest BCUT2D eigenvalue weighted by Gasteiger charge is 2.19. The van der Waals surface area contributed by atoms with E-state index in [0.717, 1.165) is 6.07 Å². The molecule has 3 aromatic rings. The number of benzene rings is 2. The standard InChI is InChI=1S/C15H12N4O5S/c1-8-6-13(20)17-15(16-8)19-18-11-7-12(25(22,23)24)9-4-2-3-5-10(9)14(11)21/h2-7,21H,1H3,(H,16,17,20)(H,22,23,24). The van der Waals surface area contributed by atoms with Crippen LogP contribution in [0.1, 0.15) is 5.69 Å². The second-order valence-electron chi connectivity index (χ2n) is 5.13. The molecule has 0 saturated carbocycles. The quantitative estimate of drug-likeness (QED) is 0.480. The summed E-state index contributed by atoms with van der Waals surface area (Å²) in [5, 5.41) is 27.5. The van der Waals surface area contributed by atoms with Gasteiger partial charge in [-0.05, 0) is 13.0 Å². The summed E-state index contributed by atoms with van der Waals surface area (Å²) >= 11 is 0. The van der Waals surface area contributed by atoms with Crippen LogP contribution in [0.4, 0.5) is 11.6 Å². The lowest BCUT2D eigenvalue weighted by atomic mass is 10.1. The highest BCUT2D eigenvalue weighted by molar-refractivity contribution is 7.86. The maximum absolute atomic E-state index is 11.6. The van der Waals surface area contributed by atoms with E-state index in [0.29, 0.717) is 5.69 Å². The summed E-state index contributed by atoms with van der Waals surface area (Å²) in [6, 6.07) is 8.41. The largest absolute Gasteiger partial charge is 0.505 e. The van der Waals surface area contributed by atoms with Crippen LogP contribution in [0.5, 0.6) is 11.6 Å².